The number of rotatable bonds is 5. The van der Waals surface area contributed by atoms with Gasteiger partial charge in [0.25, 0.3) is 0 Å². The molecule has 2 aromatic rings. The van der Waals surface area contributed by atoms with E-state index in [4.69, 9.17) is 0 Å². The predicted molar refractivity (Wildman–Crippen MR) is 96.1 cm³/mol. The van der Waals surface area contributed by atoms with E-state index in [0.717, 1.165) is 11.6 Å². The van der Waals surface area contributed by atoms with Crippen molar-refractivity contribution in [2.24, 2.45) is 0 Å². The summed E-state index contributed by atoms with van der Waals surface area (Å²) >= 11 is 0. The van der Waals surface area contributed by atoms with Crippen LogP contribution in [0.5, 0.6) is 5.75 Å². The minimum atomic E-state index is -0.847. The Morgan fingerprint density at radius 3 is 2.36 bits per heavy atom. The van der Waals surface area contributed by atoms with Crippen LogP contribution in [0.3, 0.4) is 0 Å². The van der Waals surface area contributed by atoms with Crippen molar-refractivity contribution in [1.82, 2.24) is 5.32 Å². The summed E-state index contributed by atoms with van der Waals surface area (Å²) in [7, 11) is 0. The lowest BCUT2D eigenvalue weighted by molar-refractivity contribution is 0.112. The van der Waals surface area contributed by atoms with Crippen molar-refractivity contribution in [2.75, 3.05) is 5.32 Å². The van der Waals surface area contributed by atoms with E-state index in [9.17, 15) is 19.1 Å². The molecular weight excluding hydrogens is 323 g/mol. The maximum atomic E-state index is 13.5. The van der Waals surface area contributed by atoms with Gasteiger partial charge in [-0.25, -0.2) is 9.18 Å². The van der Waals surface area contributed by atoms with Crippen molar-refractivity contribution in [3.8, 4) is 5.75 Å². The molecule has 0 unspecified atom stereocenters. The van der Waals surface area contributed by atoms with Gasteiger partial charge in [0.15, 0.2) is 17.9 Å². The Morgan fingerprint density at radius 2 is 1.76 bits per heavy atom. The minimum absolute atomic E-state index is 0.0455. The van der Waals surface area contributed by atoms with Crippen LogP contribution >= 0.6 is 0 Å². The summed E-state index contributed by atoms with van der Waals surface area (Å²) in [5, 5.41) is 14.8. The molecule has 6 heteroatoms. The fourth-order valence-electron chi connectivity index (χ4n) is 2.13. The molecule has 2 aromatic carbocycles. The highest BCUT2D eigenvalue weighted by molar-refractivity contribution is 5.89. The summed E-state index contributed by atoms with van der Waals surface area (Å²) in [5.41, 5.74) is 1.83. The first-order valence-corrected chi connectivity index (χ1v) is 7.72. The van der Waals surface area contributed by atoms with Crippen LogP contribution in [0, 0.1) is 5.82 Å². The molecule has 0 aliphatic carbocycles. The lowest BCUT2D eigenvalue weighted by Crippen LogP contribution is -2.34. The van der Waals surface area contributed by atoms with Crippen LogP contribution in [0.15, 0.2) is 36.4 Å². The molecule has 130 valence electrons. The largest absolute Gasteiger partial charge is 0.504 e. The number of urea groups is 1. The first-order chi connectivity index (χ1) is 11.9. The van der Waals surface area contributed by atoms with Gasteiger partial charge in [0, 0.05) is 11.7 Å². The fraction of sp³-hybridized carbons (Fsp3) is 0.158. The third-order valence-electron chi connectivity index (χ3n) is 3.30. The second kappa shape index (κ2) is 8.10. The van der Waals surface area contributed by atoms with E-state index in [0.29, 0.717) is 17.5 Å². The summed E-state index contributed by atoms with van der Waals surface area (Å²) in [5.74, 6) is -1.50. The number of aromatic hydroxyl groups is 1. The molecule has 0 atom stereocenters. The highest BCUT2D eigenvalue weighted by Crippen LogP contribution is 2.23. The number of anilines is 1. The molecule has 0 saturated heterocycles. The summed E-state index contributed by atoms with van der Waals surface area (Å²) in [6.45, 7) is 3.74. The third kappa shape index (κ3) is 5.17. The lowest BCUT2D eigenvalue weighted by atomic mass is 10.1. The fourth-order valence-corrected chi connectivity index (χ4v) is 2.13. The number of hydrogen-bond donors (Lipinski definition) is 3. The quantitative estimate of drug-likeness (QED) is 0.567. The zero-order valence-electron chi connectivity index (χ0n) is 13.9. The Morgan fingerprint density at radius 1 is 1.12 bits per heavy atom. The molecule has 0 heterocycles. The molecule has 0 fully saturated rings. The Bertz CT molecular complexity index is 799. The molecule has 25 heavy (non-hydrogen) atoms. The van der Waals surface area contributed by atoms with Gasteiger partial charge in [0.05, 0.1) is 5.56 Å². The number of phenols is 1. The van der Waals surface area contributed by atoms with E-state index in [1.54, 1.807) is 36.4 Å². The van der Waals surface area contributed by atoms with Crippen LogP contribution in [0.1, 0.15) is 35.3 Å². The van der Waals surface area contributed by atoms with Crippen molar-refractivity contribution in [2.45, 2.75) is 19.9 Å². The Kier molecular flexibility index (Phi) is 5.89. The molecule has 2 rings (SSSR count). The van der Waals surface area contributed by atoms with E-state index in [1.165, 1.54) is 6.07 Å². The maximum Gasteiger partial charge on any atom is 0.319 e. The van der Waals surface area contributed by atoms with E-state index in [-0.39, 0.29) is 17.6 Å². The van der Waals surface area contributed by atoms with E-state index < -0.39 is 11.6 Å². The first kappa shape index (κ1) is 18.2. The molecular formula is C19H19FN2O3. The molecule has 0 aromatic heterocycles. The van der Waals surface area contributed by atoms with Gasteiger partial charge in [-0.3, -0.25) is 4.79 Å². The number of hydrogen-bond acceptors (Lipinski definition) is 3. The zero-order chi connectivity index (χ0) is 18.4. The molecule has 0 saturated carbocycles. The van der Waals surface area contributed by atoms with Crippen LogP contribution < -0.4 is 10.6 Å². The number of carbonyl (C=O) groups is 2. The molecule has 0 bridgehead atoms. The predicted octanol–water partition coefficient (Wildman–Crippen LogP) is 4.04. The smallest absolute Gasteiger partial charge is 0.319 e. The summed E-state index contributed by atoms with van der Waals surface area (Å²) in [6, 6.07) is 9.38. The van der Waals surface area contributed by atoms with Crippen molar-refractivity contribution in [3.63, 3.8) is 0 Å². The zero-order valence-corrected chi connectivity index (χ0v) is 13.9. The van der Waals surface area contributed by atoms with Gasteiger partial charge in [-0.2, -0.15) is 0 Å². The van der Waals surface area contributed by atoms with E-state index in [2.05, 4.69) is 10.6 Å². The number of carbonyl (C=O) groups excluding carboxylic acids is 2. The van der Waals surface area contributed by atoms with Crippen LogP contribution in [0.25, 0.3) is 12.2 Å². The number of phenolic OH excluding ortho intramolecular Hbond substituents is 1. The van der Waals surface area contributed by atoms with E-state index >= 15 is 0 Å². The molecule has 2 amide bonds. The summed E-state index contributed by atoms with van der Waals surface area (Å²) in [6.07, 6.45) is 3.76. The van der Waals surface area contributed by atoms with Crippen LogP contribution in [0.2, 0.25) is 0 Å². The monoisotopic (exact) mass is 342 g/mol. The Balaban J connectivity index is 2.08. The Hall–Kier alpha value is -3.15. The maximum absolute atomic E-state index is 13.5. The molecule has 0 aliphatic heterocycles. The number of nitrogens with one attached hydrogen (secondary N) is 2. The van der Waals surface area contributed by atoms with Gasteiger partial charge >= 0.3 is 6.03 Å². The van der Waals surface area contributed by atoms with Crippen molar-refractivity contribution >= 4 is 30.2 Å². The summed E-state index contributed by atoms with van der Waals surface area (Å²) < 4.78 is 13.5. The topological polar surface area (TPSA) is 78.4 Å². The highest BCUT2D eigenvalue weighted by Gasteiger charge is 2.08. The summed E-state index contributed by atoms with van der Waals surface area (Å²) in [4.78, 5) is 22.4. The van der Waals surface area contributed by atoms with Gasteiger partial charge in [0.1, 0.15) is 0 Å². The SMILES string of the molecule is CC(C)NC(=O)Nc1ccc(/C=C/c2cc(F)c(O)c(C=O)c2)cc1. The molecule has 0 radical (unpaired) electrons. The van der Waals surface area contributed by atoms with Gasteiger partial charge in [-0.15, -0.1) is 0 Å². The highest BCUT2D eigenvalue weighted by atomic mass is 19.1. The van der Waals surface area contributed by atoms with Crippen LogP contribution in [-0.4, -0.2) is 23.5 Å². The number of benzene rings is 2. The van der Waals surface area contributed by atoms with Gasteiger partial charge in [-0.05, 0) is 49.2 Å². The molecule has 0 aliphatic rings. The average Bonchev–Trinajstić information content (AvgIpc) is 2.56. The molecule has 5 nitrogen and oxygen atoms in total. The Labute approximate surface area is 145 Å². The van der Waals surface area contributed by atoms with Crippen molar-refractivity contribution < 1.29 is 19.1 Å². The number of aldehydes is 1. The second-order valence-electron chi connectivity index (χ2n) is 5.77. The standard InChI is InChI=1S/C19H19FN2O3/c1-12(2)21-19(25)22-16-7-5-13(6-8-16)3-4-14-9-15(11-23)18(24)17(20)10-14/h3-12,24H,1-2H3,(H2,21,22,25)/b4-3+. The van der Waals surface area contributed by atoms with Crippen molar-refractivity contribution in [1.29, 1.82) is 0 Å². The first-order valence-electron chi connectivity index (χ1n) is 7.72. The van der Waals surface area contributed by atoms with Gasteiger partial charge < -0.3 is 15.7 Å². The second-order valence-corrected chi connectivity index (χ2v) is 5.77. The van der Waals surface area contributed by atoms with Crippen LogP contribution in [0.4, 0.5) is 14.9 Å². The number of amides is 2. The third-order valence-corrected chi connectivity index (χ3v) is 3.30. The van der Waals surface area contributed by atoms with Crippen LogP contribution in [-0.2, 0) is 0 Å². The normalized spacial score (nSPS) is 10.9. The van der Waals surface area contributed by atoms with Crippen molar-refractivity contribution in [3.05, 3.63) is 58.9 Å². The molecule has 0 spiro atoms. The average molecular weight is 342 g/mol. The van der Waals surface area contributed by atoms with Gasteiger partial charge in [-0.1, -0.05) is 24.3 Å². The lowest BCUT2D eigenvalue weighted by Gasteiger charge is -2.10. The molecule has 3 N–H and O–H groups in total. The van der Waals surface area contributed by atoms with Gasteiger partial charge in [0.2, 0.25) is 0 Å². The van der Waals surface area contributed by atoms with E-state index in [1.807, 2.05) is 13.8 Å². The number of halogens is 1. The minimum Gasteiger partial charge on any atom is -0.504 e.